The topological polar surface area (TPSA) is 24.1 Å². The number of aromatic nitrogens is 1. The number of aliphatic hydroxyl groups excluding tert-OH is 1. The molecule has 0 amide bonds. The zero-order valence-corrected chi connectivity index (χ0v) is 16.0. The van der Waals surface area contributed by atoms with Crippen molar-refractivity contribution in [3.8, 4) is 0 Å². The molecular weight excluding hydrogens is 381 g/mol. The quantitative estimate of drug-likeness (QED) is 0.328. The zero-order chi connectivity index (χ0) is 13.9. The van der Waals surface area contributed by atoms with Crippen LogP contribution in [0.15, 0.2) is 5.51 Å². The second-order valence-electron chi connectivity index (χ2n) is 5.37. The van der Waals surface area contributed by atoms with E-state index in [9.17, 15) is 0 Å². The number of hydrogen-bond donors (Lipinski definition) is 1. The Balaban J connectivity index is 0.00000361. The largest absolute Gasteiger partial charge is 1.00 e. The van der Waals surface area contributed by atoms with Crippen molar-refractivity contribution in [1.82, 2.24) is 0 Å². The molecule has 4 heteroatoms. The van der Waals surface area contributed by atoms with Crippen LogP contribution in [0, 0.1) is 6.92 Å². The molecule has 0 unspecified atom stereocenters. The van der Waals surface area contributed by atoms with Gasteiger partial charge in [0.1, 0.15) is 6.54 Å². The predicted octanol–water partition coefficient (Wildman–Crippen LogP) is 1.02. The molecule has 1 N–H and O–H groups in total. The summed E-state index contributed by atoms with van der Waals surface area (Å²) in [6.45, 7) is 5.85. The molecule has 0 spiro atoms. The molecule has 0 atom stereocenters. The van der Waals surface area contributed by atoms with Crippen molar-refractivity contribution in [2.24, 2.45) is 0 Å². The van der Waals surface area contributed by atoms with Crippen LogP contribution in [0.2, 0.25) is 0 Å². The van der Waals surface area contributed by atoms with Crippen molar-refractivity contribution in [2.75, 3.05) is 6.61 Å². The Morgan fingerprint density at radius 2 is 1.65 bits per heavy atom. The van der Waals surface area contributed by atoms with E-state index in [0.717, 1.165) is 13.0 Å². The normalized spacial score (nSPS) is 10.6. The molecule has 0 bridgehead atoms. The summed E-state index contributed by atoms with van der Waals surface area (Å²) in [5.74, 6) is 0. The Morgan fingerprint density at radius 1 is 1.05 bits per heavy atom. The number of nitrogens with zero attached hydrogens (tertiary/aromatic N) is 1. The van der Waals surface area contributed by atoms with Crippen LogP contribution in [0.5, 0.6) is 0 Å². The van der Waals surface area contributed by atoms with Gasteiger partial charge in [-0.1, -0.05) is 56.8 Å². The molecule has 0 aliphatic rings. The third kappa shape index (κ3) is 7.93. The fourth-order valence-electron chi connectivity index (χ4n) is 2.43. The minimum atomic E-state index is 0. The standard InChI is InChI=1S/C16H30NOS.HI/c1-3-4-5-6-7-8-9-10-12-17-14-19-16(11-13-18)15(17)2;/h14,18H,3-13H2,1-2H3;1H/q+1;/p-1. The molecule has 0 saturated heterocycles. The van der Waals surface area contributed by atoms with E-state index >= 15 is 0 Å². The summed E-state index contributed by atoms with van der Waals surface area (Å²) in [6.07, 6.45) is 11.8. The molecule has 20 heavy (non-hydrogen) atoms. The molecule has 1 aromatic rings. The SMILES string of the molecule is CCCCCCCCCC[n+]1csc(CCO)c1C.[I-]. The Hall–Kier alpha value is 0.320. The third-order valence-corrected chi connectivity index (χ3v) is 4.89. The van der Waals surface area contributed by atoms with Gasteiger partial charge >= 0.3 is 0 Å². The maximum absolute atomic E-state index is 8.99. The molecule has 0 aromatic carbocycles. The summed E-state index contributed by atoms with van der Waals surface area (Å²) in [5.41, 5.74) is 3.56. The second kappa shape index (κ2) is 13.0. The van der Waals surface area contributed by atoms with Crippen molar-refractivity contribution in [2.45, 2.75) is 78.2 Å². The van der Waals surface area contributed by atoms with E-state index in [2.05, 4.69) is 23.9 Å². The van der Waals surface area contributed by atoms with Gasteiger partial charge < -0.3 is 29.1 Å². The van der Waals surface area contributed by atoms with E-state index in [1.165, 1.54) is 61.9 Å². The summed E-state index contributed by atoms with van der Waals surface area (Å²) in [7, 11) is 0. The molecule has 118 valence electrons. The number of halogens is 1. The molecule has 0 fully saturated rings. The van der Waals surface area contributed by atoms with Gasteiger partial charge in [0, 0.05) is 26.4 Å². The molecule has 1 heterocycles. The van der Waals surface area contributed by atoms with E-state index < -0.39 is 0 Å². The molecule has 0 saturated carbocycles. The lowest BCUT2D eigenvalue weighted by molar-refractivity contribution is -0.698. The maximum atomic E-state index is 8.99. The Bertz CT molecular complexity index is 341. The van der Waals surface area contributed by atoms with E-state index in [4.69, 9.17) is 5.11 Å². The van der Waals surface area contributed by atoms with Gasteiger partial charge in [0.2, 0.25) is 5.51 Å². The number of rotatable bonds is 11. The van der Waals surface area contributed by atoms with Crippen LogP contribution < -0.4 is 28.5 Å². The first-order valence-electron chi connectivity index (χ1n) is 7.86. The van der Waals surface area contributed by atoms with E-state index in [-0.39, 0.29) is 30.6 Å². The number of hydrogen-bond acceptors (Lipinski definition) is 2. The fourth-order valence-corrected chi connectivity index (χ4v) is 3.44. The van der Waals surface area contributed by atoms with E-state index in [0.29, 0.717) is 0 Å². The van der Waals surface area contributed by atoms with Crippen LogP contribution in [0.1, 0.15) is 68.9 Å². The molecule has 0 radical (unpaired) electrons. The van der Waals surface area contributed by atoms with Gasteiger partial charge in [-0.15, -0.1) is 0 Å². The first kappa shape index (κ1) is 20.3. The lowest BCUT2D eigenvalue weighted by atomic mass is 10.1. The zero-order valence-electron chi connectivity index (χ0n) is 13.0. The van der Waals surface area contributed by atoms with Gasteiger partial charge in [-0.25, -0.2) is 0 Å². The van der Waals surface area contributed by atoms with Crippen molar-refractivity contribution in [1.29, 1.82) is 0 Å². The lowest BCUT2D eigenvalue weighted by Gasteiger charge is -2.00. The van der Waals surface area contributed by atoms with Crippen LogP contribution in [0.25, 0.3) is 0 Å². The second-order valence-corrected chi connectivity index (χ2v) is 6.31. The van der Waals surface area contributed by atoms with Gasteiger partial charge in [0.15, 0.2) is 5.69 Å². The van der Waals surface area contributed by atoms with Gasteiger partial charge in [-0.2, -0.15) is 4.57 Å². The highest BCUT2D eigenvalue weighted by molar-refractivity contribution is 7.09. The van der Waals surface area contributed by atoms with Gasteiger partial charge in [-0.05, 0) is 6.42 Å². The lowest BCUT2D eigenvalue weighted by Crippen LogP contribution is -3.00. The summed E-state index contributed by atoms with van der Waals surface area (Å²) in [5, 5.41) is 8.99. The van der Waals surface area contributed by atoms with Crippen LogP contribution in [0.3, 0.4) is 0 Å². The highest BCUT2D eigenvalue weighted by Gasteiger charge is 2.13. The molecule has 0 aliphatic carbocycles. The average Bonchev–Trinajstić information content (AvgIpc) is 2.75. The Kier molecular flexibility index (Phi) is 13.2. The molecular formula is C16H30INOS. The van der Waals surface area contributed by atoms with E-state index in [1.807, 2.05) is 0 Å². The first-order chi connectivity index (χ1) is 9.29. The van der Waals surface area contributed by atoms with Gasteiger partial charge in [0.25, 0.3) is 0 Å². The molecule has 1 rings (SSSR count). The highest BCUT2D eigenvalue weighted by Crippen LogP contribution is 2.12. The van der Waals surface area contributed by atoms with Crippen LogP contribution in [-0.2, 0) is 13.0 Å². The average molecular weight is 411 g/mol. The minimum Gasteiger partial charge on any atom is -1.00 e. The smallest absolute Gasteiger partial charge is 0.225 e. The van der Waals surface area contributed by atoms with Crippen LogP contribution >= 0.6 is 11.3 Å². The molecule has 1 aromatic heterocycles. The van der Waals surface area contributed by atoms with Crippen LogP contribution in [0.4, 0.5) is 0 Å². The number of thiazole rings is 1. The number of unbranched alkanes of at least 4 members (excludes halogenated alkanes) is 7. The van der Waals surface area contributed by atoms with Crippen LogP contribution in [-0.4, -0.2) is 11.7 Å². The minimum absolute atomic E-state index is 0. The molecule has 2 nitrogen and oxygen atoms in total. The summed E-state index contributed by atoms with van der Waals surface area (Å²) in [6, 6.07) is 0. The summed E-state index contributed by atoms with van der Waals surface area (Å²) >= 11 is 1.78. The maximum Gasteiger partial charge on any atom is 0.225 e. The van der Waals surface area contributed by atoms with E-state index in [1.54, 1.807) is 11.3 Å². The third-order valence-electron chi connectivity index (χ3n) is 3.75. The predicted molar refractivity (Wildman–Crippen MR) is 82.7 cm³/mol. The molecule has 0 aliphatic heterocycles. The number of aliphatic hydroxyl groups is 1. The van der Waals surface area contributed by atoms with Crippen molar-refractivity contribution in [3.63, 3.8) is 0 Å². The monoisotopic (exact) mass is 411 g/mol. The summed E-state index contributed by atoms with van der Waals surface area (Å²) < 4.78 is 2.35. The Labute approximate surface area is 145 Å². The van der Waals surface area contributed by atoms with Crippen molar-refractivity contribution >= 4 is 11.3 Å². The highest BCUT2D eigenvalue weighted by atomic mass is 127. The van der Waals surface area contributed by atoms with Gasteiger partial charge in [-0.3, -0.25) is 0 Å². The van der Waals surface area contributed by atoms with Crippen molar-refractivity contribution in [3.05, 3.63) is 16.1 Å². The fraction of sp³-hybridized carbons (Fsp3) is 0.812. The summed E-state index contributed by atoms with van der Waals surface area (Å²) in [4.78, 5) is 1.34. The van der Waals surface area contributed by atoms with Gasteiger partial charge in [0.05, 0.1) is 4.88 Å². The van der Waals surface area contributed by atoms with Crippen molar-refractivity contribution < 1.29 is 33.7 Å². The number of aryl methyl sites for hydroxylation is 1. The Morgan fingerprint density at radius 3 is 2.25 bits per heavy atom. The first-order valence-corrected chi connectivity index (χ1v) is 8.74.